The van der Waals surface area contributed by atoms with Crippen LogP contribution in [0.4, 0.5) is 11.4 Å². The van der Waals surface area contributed by atoms with Crippen LogP contribution in [0.2, 0.25) is 0 Å². The minimum absolute atomic E-state index is 0.168. The third-order valence-electron chi connectivity index (χ3n) is 4.22. The number of amides is 2. The SMILES string of the molecule is C[C@@H]1Oc2ccc(NC(=O)Cc3cnn(-c4ccccc4)c3)cc2NC1=O. The van der Waals surface area contributed by atoms with Gasteiger partial charge in [-0.3, -0.25) is 9.59 Å². The fourth-order valence-corrected chi connectivity index (χ4v) is 2.85. The molecule has 7 nitrogen and oxygen atoms in total. The van der Waals surface area contributed by atoms with Crippen molar-refractivity contribution < 1.29 is 14.3 Å². The van der Waals surface area contributed by atoms with E-state index in [4.69, 9.17) is 4.74 Å². The van der Waals surface area contributed by atoms with Crippen LogP contribution in [-0.2, 0) is 16.0 Å². The highest BCUT2D eigenvalue weighted by atomic mass is 16.5. The van der Waals surface area contributed by atoms with Crippen LogP contribution < -0.4 is 15.4 Å². The van der Waals surface area contributed by atoms with E-state index in [1.807, 2.05) is 36.5 Å². The van der Waals surface area contributed by atoms with Crippen LogP contribution in [0.3, 0.4) is 0 Å². The molecule has 0 saturated carbocycles. The van der Waals surface area contributed by atoms with E-state index in [0.717, 1.165) is 11.3 Å². The molecule has 0 saturated heterocycles. The molecule has 0 radical (unpaired) electrons. The predicted octanol–water partition coefficient (Wildman–Crippen LogP) is 2.77. The summed E-state index contributed by atoms with van der Waals surface area (Å²) in [5, 5.41) is 9.89. The molecule has 136 valence electrons. The van der Waals surface area contributed by atoms with E-state index in [0.29, 0.717) is 17.1 Å². The minimum atomic E-state index is -0.529. The number of carbonyl (C=O) groups excluding carboxylic acids is 2. The van der Waals surface area contributed by atoms with Gasteiger partial charge < -0.3 is 15.4 Å². The highest BCUT2D eigenvalue weighted by molar-refractivity contribution is 5.99. The van der Waals surface area contributed by atoms with Crippen molar-refractivity contribution in [3.05, 3.63) is 66.5 Å². The second-order valence-corrected chi connectivity index (χ2v) is 6.31. The Bertz CT molecular complexity index is 997. The zero-order chi connectivity index (χ0) is 18.8. The average Bonchev–Trinajstić information content (AvgIpc) is 3.12. The molecule has 1 aliphatic rings. The van der Waals surface area contributed by atoms with Gasteiger partial charge in [0.1, 0.15) is 5.75 Å². The average molecular weight is 362 g/mol. The number of hydrogen-bond donors (Lipinski definition) is 2. The smallest absolute Gasteiger partial charge is 0.265 e. The van der Waals surface area contributed by atoms with Crippen molar-refractivity contribution in [1.82, 2.24) is 9.78 Å². The summed E-state index contributed by atoms with van der Waals surface area (Å²) >= 11 is 0. The fraction of sp³-hybridized carbons (Fsp3) is 0.150. The number of carbonyl (C=O) groups is 2. The molecule has 7 heteroatoms. The Labute approximate surface area is 156 Å². The zero-order valence-electron chi connectivity index (χ0n) is 14.7. The predicted molar refractivity (Wildman–Crippen MR) is 101 cm³/mol. The van der Waals surface area contributed by atoms with Crippen molar-refractivity contribution in [1.29, 1.82) is 0 Å². The first-order valence-electron chi connectivity index (χ1n) is 8.59. The monoisotopic (exact) mass is 362 g/mol. The maximum Gasteiger partial charge on any atom is 0.265 e. The van der Waals surface area contributed by atoms with Crippen molar-refractivity contribution in [3.63, 3.8) is 0 Å². The number of fused-ring (bicyclic) bond motifs is 1. The highest BCUT2D eigenvalue weighted by Crippen LogP contribution is 2.32. The van der Waals surface area contributed by atoms with Gasteiger partial charge in [-0.2, -0.15) is 5.10 Å². The van der Waals surface area contributed by atoms with Gasteiger partial charge in [0.15, 0.2) is 6.10 Å². The number of para-hydroxylation sites is 1. The van der Waals surface area contributed by atoms with Crippen LogP contribution in [0, 0.1) is 0 Å². The lowest BCUT2D eigenvalue weighted by molar-refractivity contribution is -0.122. The summed E-state index contributed by atoms with van der Waals surface area (Å²) in [7, 11) is 0. The lowest BCUT2D eigenvalue weighted by atomic mass is 10.2. The molecular weight excluding hydrogens is 344 g/mol. The molecule has 2 amide bonds. The number of anilines is 2. The molecule has 2 aromatic carbocycles. The quantitative estimate of drug-likeness (QED) is 0.747. The van der Waals surface area contributed by atoms with Gasteiger partial charge in [-0.25, -0.2) is 4.68 Å². The van der Waals surface area contributed by atoms with Crippen LogP contribution in [0.15, 0.2) is 60.9 Å². The van der Waals surface area contributed by atoms with Crippen LogP contribution in [0.1, 0.15) is 12.5 Å². The van der Waals surface area contributed by atoms with Gasteiger partial charge in [-0.15, -0.1) is 0 Å². The van der Waals surface area contributed by atoms with Gasteiger partial charge in [0.05, 0.1) is 24.0 Å². The fourth-order valence-electron chi connectivity index (χ4n) is 2.85. The molecule has 3 aromatic rings. The van der Waals surface area contributed by atoms with Crippen molar-refractivity contribution in [2.75, 3.05) is 10.6 Å². The van der Waals surface area contributed by atoms with E-state index in [2.05, 4.69) is 15.7 Å². The summed E-state index contributed by atoms with van der Waals surface area (Å²) in [6, 6.07) is 14.9. The van der Waals surface area contributed by atoms with Gasteiger partial charge in [0.2, 0.25) is 5.91 Å². The maximum absolute atomic E-state index is 12.3. The molecular formula is C20H18N4O3. The number of nitrogens with zero attached hydrogens (tertiary/aromatic N) is 2. The first-order valence-corrected chi connectivity index (χ1v) is 8.59. The molecule has 0 fully saturated rings. The zero-order valence-corrected chi connectivity index (χ0v) is 14.7. The normalized spacial score (nSPS) is 15.4. The summed E-state index contributed by atoms with van der Waals surface area (Å²) in [6.07, 6.45) is 3.18. The van der Waals surface area contributed by atoms with Crippen LogP contribution in [-0.4, -0.2) is 27.7 Å². The molecule has 2 heterocycles. The highest BCUT2D eigenvalue weighted by Gasteiger charge is 2.23. The first kappa shape index (κ1) is 16.8. The summed E-state index contributed by atoms with van der Waals surface area (Å²) in [5.41, 5.74) is 2.88. The molecule has 0 spiro atoms. The number of aromatic nitrogens is 2. The summed E-state index contributed by atoms with van der Waals surface area (Å²) in [6.45, 7) is 1.68. The van der Waals surface area contributed by atoms with E-state index in [1.165, 1.54) is 0 Å². The van der Waals surface area contributed by atoms with Crippen molar-refractivity contribution in [2.45, 2.75) is 19.4 Å². The Morgan fingerprint density at radius 3 is 2.89 bits per heavy atom. The van der Waals surface area contributed by atoms with E-state index in [-0.39, 0.29) is 18.2 Å². The van der Waals surface area contributed by atoms with E-state index in [1.54, 1.807) is 36.0 Å². The molecule has 4 rings (SSSR count). The molecule has 2 N–H and O–H groups in total. The van der Waals surface area contributed by atoms with Gasteiger partial charge in [-0.05, 0) is 42.8 Å². The Morgan fingerprint density at radius 2 is 2.07 bits per heavy atom. The minimum Gasteiger partial charge on any atom is -0.479 e. The van der Waals surface area contributed by atoms with Crippen LogP contribution >= 0.6 is 0 Å². The lowest BCUT2D eigenvalue weighted by Crippen LogP contribution is -2.34. The Hall–Kier alpha value is -3.61. The van der Waals surface area contributed by atoms with Crippen LogP contribution in [0.5, 0.6) is 5.75 Å². The topological polar surface area (TPSA) is 85.2 Å². The number of nitrogens with one attached hydrogen (secondary N) is 2. The number of rotatable bonds is 4. The Kier molecular flexibility index (Phi) is 4.33. The van der Waals surface area contributed by atoms with E-state index < -0.39 is 6.10 Å². The number of benzene rings is 2. The lowest BCUT2D eigenvalue weighted by Gasteiger charge is -2.23. The van der Waals surface area contributed by atoms with Gasteiger partial charge >= 0.3 is 0 Å². The maximum atomic E-state index is 12.3. The van der Waals surface area contributed by atoms with Gasteiger partial charge in [-0.1, -0.05) is 18.2 Å². The van der Waals surface area contributed by atoms with E-state index in [9.17, 15) is 9.59 Å². The molecule has 0 unspecified atom stereocenters. The second kappa shape index (κ2) is 6.95. The number of ether oxygens (including phenoxy) is 1. The second-order valence-electron chi connectivity index (χ2n) is 6.31. The largest absolute Gasteiger partial charge is 0.479 e. The van der Waals surface area contributed by atoms with Crippen molar-refractivity contribution in [3.8, 4) is 11.4 Å². The van der Waals surface area contributed by atoms with Gasteiger partial charge in [0.25, 0.3) is 5.91 Å². The molecule has 1 aromatic heterocycles. The van der Waals surface area contributed by atoms with Crippen molar-refractivity contribution >= 4 is 23.2 Å². The van der Waals surface area contributed by atoms with E-state index >= 15 is 0 Å². The molecule has 1 aliphatic heterocycles. The Balaban J connectivity index is 1.42. The molecule has 0 aliphatic carbocycles. The third-order valence-corrected chi connectivity index (χ3v) is 4.22. The number of hydrogen-bond acceptors (Lipinski definition) is 4. The van der Waals surface area contributed by atoms with Gasteiger partial charge in [0, 0.05) is 11.9 Å². The van der Waals surface area contributed by atoms with Crippen LogP contribution in [0.25, 0.3) is 5.69 Å². The first-order chi connectivity index (χ1) is 13.1. The summed E-state index contributed by atoms with van der Waals surface area (Å²) in [5.74, 6) is 0.211. The van der Waals surface area contributed by atoms with Crippen molar-refractivity contribution in [2.24, 2.45) is 0 Å². The standard InChI is InChI=1S/C20H18N4O3/c1-13-20(26)23-17-10-15(7-8-18(17)27-13)22-19(25)9-14-11-21-24(12-14)16-5-3-2-4-6-16/h2-8,10-13H,9H2,1H3,(H,22,25)(H,23,26)/t13-/m0/s1. The molecule has 27 heavy (non-hydrogen) atoms. The third kappa shape index (κ3) is 3.67. The summed E-state index contributed by atoms with van der Waals surface area (Å²) < 4.78 is 7.24. The summed E-state index contributed by atoms with van der Waals surface area (Å²) in [4.78, 5) is 24.1. The molecule has 0 bridgehead atoms. The Morgan fingerprint density at radius 1 is 1.26 bits per heavy atom. The molecule has 1 atom stereocenters.